The van der Waals surface area contributed by atoms with E-state index in [4.69, 9.17) is 4.84 Å². The van der Waals surface area contributed by atoms with Gasteiger partial charge in [0.1, 0.15) is 5.76 Å². The molecule has 7 heteroatoms. The summed E-state index contributed by atoms with van der Waals surface area (Å²) in [6, 6.07) is 0. The van der Waals surface area contributed by atoms with Gasteiger partial charge in [-0.15, -0.1) is 5.06 Å². The first kappa shape index (κ1) is 23.6. The molecule has 1 fully saturated rings. The fourth-order valence-electron chi connectivity index (χ4n) is 1.92. The highest BCUT2D eigenvalue weighted by Crippen LogP contribution is 2.17. The molecule has 2 aliphatic rings. The maximum absolute atomic E-state index is 11.3. The Hall–Kier alpha value is -2.44. The summed E-state index contributed by atoms with van der Waals surface area (Å²) in [7, 11) is 0. The second kappa shape index (κ2) is 12.9. The molecule has 146 valence electrons. The van der Waals surface area contributed by atoms with Crippen LogP contribution in [0.25, 0.3) is 0 Å². The molecule has 1 saturated heterocycles. The van der Waals surface area contributed by atoms with Crippen molar-refractivity contribution in [2.24, 2.45) is 0 Å². The number of hydrogen-bond acceptors (Lipinski definition) is 5. The number of carbonyl (C=O) groups excluding carboxylic acids is 4. The first-order valence-electron chi connectivity index (χ1n) is 9.15. The molecule has 0 aromatic carbocycles. The summed E-state index contributed by atoms with van der Waals surface area (Å²) in [5.74, 6) is -1.20. The van der Waals surface area contributed by atoms with Gasteiger partial charge in [0.05, 0.1) is 0 Å². The number of carbonyl (C=O) groups is 4. The van der Waals surface area contributed by atoms with Crippen LogP contribution in [0.3, 0.4) is 0 Å². The molecule has 4 amide bonds. The second-order valence-electron chi connectivity index (χ2n) is 5.48. The number of rotatable bonds is 7. The molecule has 0 radical (unpaired) electrons. The highest BCUT2D eigenvalue weighted by Gasteiger charge is 2.31. The number of amides is 4. The topological polar surface area (TPSA) is 84.0 Å². The lowest BCUT2D eigenvalue weighted by Gasteiger charge is -2.17. The molecule has 0 aromatic heterocycles. The Morgan fingerprint density at radius 2 is 1.46 bits per heavy atom. The summed E-state index contributed by atoms with van der Waals surface area (Å²) in [5, 5.41) is 0.718. The van der Waals surface area contributed by atoms with Gasteiger partial charge in [0, 0.05) is 38.0 Å². The Bertz CT molecular complexity index is 518. The summed E-state index contributed by atoms with van der Waals surface area (Å²) >= 11 is 0. The Labute approximate surface area is 155 Å². The molecule has 0 saturated carbocycles. The molecule has 0 unspecified atom stereocenters. The minimum absolute atomic E-state index is 0.147. The van der Waals surface area contributed by atoms with Crippen LogP contribution >= 0.6 is 0 Å². The largest absolute Gasteiger partial charge is 0.374 e. The summed E-state index contributed by atoms with van der Waals surface area (Å²) < 4.78 is 0. The van der Waals surface area contributed by atoms with Crippen LogP contribution in [0, 0.1) is 0 Å². The quantitative estimate of drug-likeness (QED) is 0.510. The molecular formula is C19H30N2O5. The maximum atomic E-state index is 11.3. The van der Waals surface area contributed by atoms with E-state index < -0.39 is 0 Å². The molecule has 0 bridgehead atoms. The van der Waals surface area contributed by atoms with Gasteiger partial charge in [-0.2, -0.15) is 0 Å². The molecule has 2 aliphatic heterocycles. The van der Waals surface area contributed by atoms with Gasteiger partial charge >= 0.3 is 0 Å². The summed E-state index contributed by atoms with van der Waals surface area (Å²) in [4.78, 5) is 51.4. The monoisotopic (exact) mass is 366 g/mol. The van der Waals surface area contributed by atoms with Crippen LogP contribution < -0.4 is 0 Å². The minimum Gasteiger partial charge on any atom is -0.374 e. The average molecular weight is 366 g/mol. The van der Waals surface area contributed by atoms with Gasteiger partial charge in [0.2, 0.25) is 0 Å². The van der Waals surface area contributed by atoms with Gasteiger partial charge in [-0.3, -0.25) is 24.1 Å². The standard InChI is InChI=1S/C13H14N2O5.C4H10.C2H6/c1-9(20-15-12(18)6-7-13(15)19)3-2-8-14-10(16)4-5-11(14)17;1-3-4-2;1-2/h4-5H,1-3,6-8H2;3-4H2,1-2H3;1-2H3. The van der Waals surface area contributed by atoms with E-state index in [1.807, 2.05) is 13.8 Å². The zero-order valence-electron chi connectivity index (χ0n) is 16.2. The zero-order valence-corrected chi connectivity index (χ0v) is 16.2. The van der Waals surface area contributed by atoms with E-state index in [9.17, 15) is 19.2 Å². The van der Waals surface area contributed by atoms with Gasteiger partial charge in [0.25, 0.3) is 23.6 Å². The van der Waals surface area contributed by atoms with E-state index in [2.05, 4.69) is 20.4 Å². The summed E-state index contributed by atoms with van der Waals surface area (Å²) in [6.07, 6.45) is 6.16. The lowest BCUT2D eigenvalue weighted by atomic mass is 10.2. The average Bonchev–Trinajstić information content (AvgIpc) is 3.13. The minimum atomic E-state index is -0.384. The fraction of sp³-hybridized carbons (Fsp3) is 0.579. The van der Waals surface area contributed by atoms with Crippen LogP contribution in [-0.2, 0) is 24.0 Å². The van der Waals surface area contributed by atoms with Crippen molar-refractivity contribution < 1.29 is 24.0 Å². The third-order valence-electron chi connectivity index (χ3n) is 3.46. The fourth-order valence-corrected chi connectivity index (χ4v) is 1.92. The smallest absolute Gasteiger partial charge is 0.263 e. The van der Waals surface area contributed by atoms with E-state index in [0.29, 0.717) is 12.8 Å². The van der Waals surface area contributed by atoms with Crippen molar-refractivity contribution in [2.75, 3.05) is 6.54 Å². The SMILES string of the molecule is C=C(CCCN1C(=O)C=CC1=O)ON1C(=O)CCC1=O.CC.CCCC. The molecule has 26 heavy (non-hydrogen) atoms. The van der Waals surface area contributed by atoms with Crippen molar-refractivity contribution in [3.05, 3.63) is 24.5 Å². The number of unbranched alkanes of at least 4 members (excludes halogenated alkanes) is 1. The van der Waals surface area contributed by atoms with Crippen LogP contribution in [0.5, 0.6) is 0 Å². The number of nitrogens with zero attached hydrogens (tertiary/aromatic N) is 2. The van der Waals surface area contributed by atoms with Crippen molar-refractivity contribution in [1.82, 2.24) is 9.96 Å². The number of hydrogen-bond donors (Lipinski definition) is 0. The maximum Gasteiger partial charge on any atom is 0.263 e. The summed E-state index contributed by atoms with van der Waals surface area (Å²) in [5.41, 5.74) is 0. The van der Waals surface area contributed by atoms with Crippen molar-refractivity contribution in [3.8, 4) is 0 Å². The van der Waals surface area contributed by atoms with Gasteiger partial charge in [-0.1, -0.05) is 47.1 Å². The highest BCUT2D eigenvalue weighted by molar-refractivity contribution is 6.12. The van der Waals surface area contributed by atoms with Gasteiger partial charge in [-0.05, 0) is 6.42 Å². The van der Waals surface area contributed by atoms with Crippen LogP contribution in [0.4, 0.5) is 0 Å². The lowest BCUT2D eigenvalue weighted by molar-refractivity contribution is -0.177. The molecular weight excluding hydrogens is 336 g/mol. The Morgan fingerprint density at radius 3 is 1.88 bits per heavy atom. The summed E-state index contributed by atoms with van der Waals surface area (Å²) in [6.45, 7) is 12.2. The molecule has 7 nitrogen and oxygen atoms in total. The second-order valence-corrected chi connectivity index (χ2v) is 5.48. The Morgan fingerprint density at radius 1 is 1.00 bits per heavy atom. The number of imide groups is 2. The predicted molar refractivity (Wildman–Crippen MR) is 98.3 cm³/mol. The van der Waals surface area contributed by atoms with E-state index >= 15 is 0 Å². The van der Waals surface area contributed by atoms with E-state index in [1.165, 1.54) is 25.0 Å². The first-order valence-corrected chi connectivity index (χ1v) is 9.15. The zero-order chi connectivity index (χ0) is 20.1. The highest BCUT2D eigenvalue weighted by atomic mass is 16.7. The Kier molecular flexibility index (Phi) is 11.6. The van der Waals surface area contributed by atoms with Crippen molar-refractivity contribution in [3.63, 3.8) is 0 Å². The number of allylic oxidation sites excluding steroid dienone is 1. The molecule has 0 atom stereocenters. The third-order valence-corrected chi connectivity index (χ3v) is 3.46. The van der Waals surface area contributed by atoms with Crippen LogP contribution in [0.2, 0.25) is 0 Å². The lowest BCUT2D eigenvalue weighted by Crippen LogP contribution is -2.31. The van der Waals surface area contributed by atoms with E-state index in [1.54, 1.807) is 0 Å². The van der Waals surface area contributed by atoms with E-state index in [0.717, 1.165) is 9.96 Å². The van der Waals surface area contributed by atoms with Crippen LogP contribution in [0.1, 0.15) is 66.2 Å². The van der Waals surface area contributed by atoms with Gasteiger partial charge < -0.3 is 4.84 Å². The van der Waals surface area contributed by atoms with Gasteiger partial charge in [-0.25, -0.2) is 0 Å². The first-order chi connectivity index (χ1) is 12.4. The molecule has 0 aliphatic carbocycles. The number of hydroxylamine groups is 2. The van der Waals surface area contributed by atoms with Gasteiger partial charge in [0.15, 0.2) is 0 Å². The van der Waals surface area contributed by atoms with Crippen molar-refractivity contribution in [2.45, 2.75) is 66.2 Å². The molecule has 0 N–H and O–H groups in total. The predicted octanol–water partition coefficient (Wildman–Crippen LogP) is 3.12. The normalized spacial score (nSPS) is 15.5. The van der Waals surface area contributed by atoms with E-state index in [-0.39, 0.29) is 48.8 Å². The van der Waals surface area contributed by atoms with Crippen molar-refractivity contribution >= 4 is 23.6 Å². The van der Waals surface area contributed by atoms with Crippen LogP contribution in [-0.4, -0.2) is 40.1 Å². The molecule has 2 rings (SSSR count). The third kappa shape index (κ3) is 7.63. The molecule has 0 aromatic rings. The molecule has 0 spiro atoms. The van der Waals surface area contributed by atoms with Crippen molar-refractivity contribution in [1.29, 1.82) is 0 Å². The molecule has 2 heterocycles. The Balaban J connectivity index is 0.000000920. The van der Waals surface area contributed by atoms with Crippen LogP contribution in [0.15, 0.2) is 24.5 Å².